The van der Waals surface area contributed by atoms with Gasteiger partial charge in [0.25, 0.3) is 0 Å². The molecule has 0 saturated carbocycles. The summed E-state index contributed by atoms with van der Waals surface area (Å²) in [5.41, 5.74) is -0.393. The highest BCUT2D eigenvalue weighted by molar-refractivity contribution is 8.00. The topological polar surface area (TPSA) is 29.1 Å². The number of hydrogen-bond acceptors (Lipinski definition) is 2. The van der Waals surface area contributed by atoms with Crippen molar-refractivity contribution in [2.75, 3.05) is 5.32 Å². The number of benzene rings is 2. The van der Waals surface area contributed by atoms with Crippen molar-refractivity contribution in [1.82, 2.24) is 0 Å². The fourth-order valence-corrected chi connectivity index (χ4v) is 2.63. The van der Waals surface area contributed by atoms with E-state index in [2.05, 4.69) is 5.32 Å². The third kappa shape index (κ3) is 4.53. The van der Waals surface area contributed by atoms with Crippen LogP contribution in [-0.2, 0) is 11.0 Å². The Labute approximate surface area is 130 Å². The van der Waals surface area contributed by atoms with E-state index in [-0.39, 0.29) is 11.2 Å². The van der Waals surface area contributed by atoms with Crippen LogP contribution >= 0.6 is 11.8 Å². The standard InChI is InChI=1S/C16H14F3NOS/c1-11(22-14-5-3-2-4-6-14)15(21)20-13-9-7-12(8-10-13)16(17,18)19/h2-11H,1H3,(H,20,21)/t11-/m1/s1. The van der Waals surface area contributed by atoms with Crippen molar-refractivity contribution in [3.63, 3.8) is 0 Å². The molecule has 2 rings (SSSR count). The van der Waals surface area contributed by atoms with Gasteiger partial charge in [0.15, 0.2) is 0 Å². The van der Waals surface area contributed by atoms with Crippen LogP contribution in [0.1, 0.15) is 12.5 Å². The highest BCUT2D eigenvalue weighted by Crippen LogP contribution is 2.30. The van der Waals surface area contributed by atoms with Crippen LogP contribution in [0.4, 0.5) is 18.9 Å². The maximum absolute atomic E-state index is 12.5. The summed E-state index contributed by atoms with van der Waals surface area (Å²) in [4.78, 5) is 13.0. The van der Waals surface area contributed by atoms with E-state index in [1.165, 1.54) is 23.9 Å². The molecule has 0 aliphatic rings. The summed E-state index contributed by atoms with van der Waals surface area (Å²) in [5, 5.41) is 2.26. The molecule has 0 heterocycles. The molecule has 0 radical (unpaired) electrons. The summed E-state index contributed by atoms with van der Waals surface area (Å²) < 4.78 is 37.4. The molecule has 0 unspecified atom stereocenters. The van der Waals surface area contributed by atoms with E-state index in [0.29, 0.717) is 5.69 Å². The van der Waals surface area contributed by atoms with Crippen LogP contribution in [0.5, 0.6) is 0 Å². The van der Waals surface area contributed by atoms with Gasteiger partial charge in [0.1, 0.15) is 0 Å². The predicted octanol–water partition coefficient (Wildman–Crippen LogP) is 4.82. The summed E-state index contributed by atoms with van der Waals surface area (Å²) in [6.45, 7) is 1.75. The molecular formula is C16H14F3NOS. The Morgan fingerprint density at radius 2 is 1.64 bits per heavy atom. The zero-order valence-electron chi connectivity index (χ0n) is 11.7. The predicted molar refractivity (Wildman–Crippen MR) is 81.8 cm³/mol. The molecule has 0 fully saturated rings. The second kappa shape index (κ2) is 6.87. The Morgan fingerprint density at radius 1 is 1.05 bits per heavy atom. The lowest BCUT2D eigenvalue weighted by molar-refractivity contribution is -0.137. The van der Waals surface area contributed by atoms with Crippen LogP contribution in [-0.4, -0.2) is 11.2 Å². The van der Waals surface area contributed by atoms with Crippen LogP contribution in [0.25, 0.3) is 0 Å². The second-order valence-electron chi connectivity index (χ2n) is 4.64. The molecule has 2 nitrogen and oxygen atoms in total. The third-order valence-electron chi connectivity index (χ3n) is 2.91. The molecular weight excluding hydrogens is 311 g/mol. The average molecular weight is 325 g/mol. The number of rotatable bonds is 4. The molecule has 22 heavy (non-hydrogen) atoms. The highest BCUT2D eigenvalue weighted by Gasteiger charge is 2.30. The molecule has 0 aliphatic heterocycles. The summed E-state index contributed by atoms with van der Waals surface area (Å²) in [6.07, 6.45) is -4.38. The molecule has 2 aromatic rings. The SMILES string of the molecule is C[C@@H](Sc1ccccc1)C(=O)Nc1ccc(C(F)(F)F)cc1. The van der Waals surface area contributed by atoms with Gasteiger partial charge in [-0.1, -0.05) is 18.2 Å². The van der Waals surface area contributed by atoms with Crippen LogP contribution in [0.15, 0.2) is 59.5 Å². The lowest BCUT2D eigenvalue weighted by atomic mass is 10.2. The van der Waals surface area contributed by atoms with Crippen molar-refractivity contribution < 1.29 is 18.0 Å². The highest BCUT2D eigenvalue weighted by atomic mass is 32.2. The molecule has 1 N–H and O–H groups in total. The van der Waals surface area contributed by atoms with Crippen LogP contribution in [0, 0.1) is 0 Å². The minimum absolute atomic E-state index is 0.256. The average Bonchev–Trinajstić information content (AvgIpc) is 2.48. The first-order valence-corrected chi connectivity index (χ1v) is 7.44. The van der Waals surface area contributed by atoms with Gasteiger partial charge in [0.2, 0.25) is 5.91 Å². The Kier molecular flexibility index (Phi) is 5.13. The molecule has 1 atom stereocenters. The number of amides is 1. The van der Waals surface area contributed by atoms with Gasteiger partial charge >= 0.3 is 6.18 Å². The van der Waals surface area contributed by atoms with E-state index < -0.39 is 11.7 Å². The van der Waals surface area contributed by atoms with Gasteiger partial charge in [0, 0.05) is 10.6 Å². The van der Waals surface area contributed by atoms with Crippen LogP contribution in [0.2, 0.25) is 0 Å². The number of hydrogen-bond donors (Lipinski definition) is 1. The fraction of sp³-hybridized carbons (Fsp3) is 0.188. The Morgan fingerprint density at radius 3 is 2.18 bits per heavy atom. The van der Waals surface area contributed by atoms with Gasteiger partial charge in [-0.2, -0.15) is 13.2 Å². The van der Waals surface area contributed by atoms with Crippen molar-refractivity contribution in [3.8, 4) is 0 Å². The Balaban J connectivity index is 1.96. The van der Waals surface area contributed by atoms with Crippen molar-refractivity contribution in [1.29, 1.82) is 0 Å². The minimum Gasteiger partial charge on any atom is -0.325 e. The van der Waals surface area contributed by atoms with Gasteiger partial charge in [-0.05, 0) is 43.3 Å². The molecule has 2 aromatic carbocycles. The molecule has 1 amide bonds. The Hall–Kier alpha value is -1.95. The first-order chi connectivity index (χ1) is 10.4. The zero-order valence-corrected chi connectivity index (χ0v) is 12.5. The molecule has 116 valence electrons. The van der Waals surface area contributed by atoms with Crippen molar-refractivity contribution in [2.45, 2.75) is 23.2 Å². The molecule has 0 spiro atoms. The minimum atomic E-state index is -4.38. The van der Waals surface area contributed by atoms with E-state index in [9.17, 15) is 18.0 Å². The quantitative estimate of drug-likeness (QED) is 0.816. The number of nitrogens with one attached hydrogen (secondary N) is 1. The molecule has 6 heteroatoms. The molecule has 0 aromatic heterocycles. The largest absolute Gasteiger partial charge is 0.416 e. The van der Waals surface area contributed by atoms with Crippen LogP contribution in [0.3, 0.4) is 0 Å². The van der Waals surface area contributed by atoms with E-state index in [0.717, 1.165) is 17.0 Å². The van der Waals surface area contributed by atoms with Crippen molar-refractivity contribution in [3.05, 3.63) is 60.2 Å². The number of thioether (sulfide) groups is 1. The van der Waals surface area contributed by atoms with E-state index >= 15 is 0 Å². The maximum Gasteiger partial charge on any atom is 0.416 e. The van der Waals surface area contributed by atoms with E-state index in [4.69, 9.17) is 0 Å². The smallest absolute Gasteiger partial charge is 0.325 e. The van der Waals surface area contributed by atoms with E-state index in [1.807, 2.05) is 30.3 Å². The monoisotopic (exact) mass is 325 g/mol. The number of carbonyl (C=O) groups is 1. The first-order valence-electron chi connectivity index (χ1n) is 6.56. The Bertz CT molecular complexity index is 626. The van der Waals surface area contributed by atoms with Gasteiger partial charge in [0.05, 0.1) is 10.8 Å². The lowest BCUT2D eigenvalue weighted by Crippen LogP contribution is -2.22. The normalized spacial score (nSPS) is 12.7. The molecule has 0 saturated heterocycles. The van der Waals surface area contributed by atoms with Crippen LogP contribution < -0.4 is 5.32 Å². The molecule has 0 bridgehead atoms. The summed E-state index contributed by atoms with van der Waals surface area (Å²) in [5.74, 6) is -0.256. The summed E-state index contributed by atoms with van der Waals surface area (Å²) in [6, 6.07) is 13.8. The van der Waals surface area contributed by atoms with Gasteiger partial charge < -0.3 is 5.32 Å². The lowest BCUT2D eigenvalue weighted by Gasteiger charge is -2.13. The number of anilines is 1. The molecule has 0 aliphatic carbocycles. The number of carbonyl (C=O) groups excluding carboxylic acids is 1. The first kappa shape index (κ1) is 16.4. The zero-order chi connectivity index (χ0) is 16.2. The fourth-order valence-electron chi connectivity index (χ4n) is 1.74. The van der Waals surface area contributed by atoms with E-state index in [1.54, 1.807) is 6.92 Å². The van der Waals surface area contributed by atoms with Gasteiger partial charge in [-0.25, -0.2) is 0 Å². The number of halogens is 3. The van der Waals surface area contributed by atoms with Gasteiger partial charge in [-0.15, -0.1) is 11.8 Å². The van der Waals surface area contributed by atoms with Gasteiger partial charge in [-0.3, -0.25) is 4.79 Å². The number of alkyl halides is 3. The second-order valence-corrected chi connectivity index (χ2v) is 6.05. The summed E-state index contributed by atoms with van der Waals surface area (Å²) in [7, 11) is 0. The third-order valence-corrected chi connectivity index (χ3v) is 4.02. The summed E-state index contributed by atoms with van der Waals surface area (Å²) >= 11 is 1.39. The van der Waals surface area contributed by atoms with Crippen molar-refractivity contribution >= 4 is 23.4 Å². The van der Waals surface area contributed by atoms with Crippen molar-refractivity contribution in [2.24, 2.45) is 0 Å². The maximum atomic E-state index is 12.5.